The number of phenols is 3. The van der Waals surface area contributed by atoms with Gasteiger partial charge in [-0.1, -0.05) is 6.07 Å². The number of phenolic OH excluding ortho intramolecular Hbond substituents is 3. The van der Waals surface area contributed by atoms with E-state index in [1.165, 1.54) is 12.1 Å². The number of ketones is 1. The summed E-state index contributed by atoms with van der Waals surface area (Å²) in [6, 6.07) is 5.69. The molecule has 0 bridgehead atoms. The van der Waals surface area contributed by atoms with Crippen LogP contribution in [-0.4, -0.2) is 90.1 Å². The molecule has 2 aromatic rings. The maximum atomic E-state index is 12.6. The monoisotopic (exact) mass is 466 g/mol. The van der Waals surface area contributed by atoms with E-state index in [4.69, 9.17) is 14.2 Å². The van der Waals surface area contributed by atoms with Crippen molar-refractivity contribution >= 4 is 5.78 Å². The van der Waals surface area contributed by atoms with Crippen LogP contribution < -0.4 is 9.47 Å². The molecule has 0 amide bonds. The Morgan fingerprint density at radius 2 is 1.64 bits per heavy atom. The van der Waals surface area contributed by atoms with Gasteiger partial charge >= 0.3 is 0 Å². The lowest BCUT2D eigenvalue weighted by atomic mass is 9.92. The zero-order valence-electron chi connectivity index (χ0n) is 16.8. The van der Waals surface area contributed by atoms with E-state index in [9.17, 15) is 45.6 Å². The van der Waals surface area contributed by atoms with Gasteiger partial charge in [-0.15, -0.1) is 0 Å². The van der Waals surface area contributed by atoms with Gasteiger partial charge in [-0.2, -0.15) is 0 Å². The van der Waals surface area contributed by atoms with Crippen LogP contribution in [0.2, 0.25) is 0 Å². The molecule has 2 heterocycles. The standard InChI is InChI=1S/C21H22O12/c22-6-13-15(26)17(28)19(30)21(33-13)32-11-3-7(1-2-9(11)24)20-18(29)16(27)14-10(25)4-8(23)5-12(14)31-20/h1-5,13,15,17-26,28-30H,6H2/t13-,15-,17+,18-,19-,20-,21+/m1/s1. The maximum absolute atomic E-state index is 12.6. The molecule has 1 saturated heterocycles. The number of aliphatic hydroxyl groups is 5. The van der Waals surface area contributed by atoms with E-state index in [1.54, 1.807) is 0 Å². The molecule has 0 spiro atoms. The van der Waals surface area contributed by atoms with Gasteiger partial charge in [0, 0.05) is 12.1 Å². The van der Waals surface area contributed by atoms with Crippen molar-refractivity contribution < 1.29 is 59.9 Å². The van der Waals surface area contributed by atoms with E-state index in [-0.39, 0.29) is 28.4 Å². The first-order valence-corrected chi connectivity index (χ1v) is 9.87. The lowest BCUT2D eigenvalue weighted by Gasteiger charge is -2.39. The molecule has 0 aliphatic carbocycles. The fraction of sp³-hybridized carbons (Fsp3) is 0.381. The van der Waals surface area contributed by atoms with Gasteiger partial charge in [0.2, 0.25) is 12.1 Å². The third-order valence-electron chi connectivity index (χ3n) is 5.53. The number of carbonyl (C=O) groups excluding carboxylic acids is 1. The van der Waals surface area contributed by atoms with Crippen molar-refractivity contribution in [3.8, 4) is 28.7 Å². The molecule has 178 valence electrons. The molecule has 8 N–H and O–H groups in total. The Kier molecular flexibility index (Phi) is 6.05. The summed E-state index contributed by atoms with van der Waals surface area (Å²) in [4.78, 5) is 12.6. The van der Waals surface area contributed by atoms with Crippen molar-refractivity contribution in [2.75, 3.05) is 6.61 Å². The van der Waals surface area contributed by atoms with Crippen molar-refractivity contribution in [3.63, 3.8) is 0 Å². The second-order valence-corrected chi connectivity index (χ2v) is 7.73. The molecule has 2 aliphatic heterocycles. The molecule has 2 aliphatic rings. The van der Waals surface area contributed by atoms with E-state index in [1.807, 2.05) is 0 Å². The highest BCUT2D eigenvalue weighted by Gasteiger charge is 2.45. The van der Waals surface area contributed by atoms with Crippen LogP contribution >= 0.6 is 0 Å². The number of Topliss-reactive ketones (excluding diaryl/α,β-unsaturated/α-hetero) is 1. The first-order chi connectivity index (χ1) is 15.6. The van der Waals surface area contributed by atoms with Crippen molar-refractivity contribution in [1.29, 1.82) is 0 Å². The van der Waals surface area contributed by atoms with E-state index in [0.717, 1.165) is 18.2 Å². The molecule has 7 atom stereocenters. The number of carbonyl (C=O) groups is 1. The minimum absolute atomic E-state index is 0.140. The van der Waals surface area contributed by atoms with Crippen molar-refractivity contribution in [2.45, 2.75) is 42.9 Å². The van der Waals surface area contributed by atoms with E-state index in [0.29, 0.717) is 0 Å². The van der Waals surface area contributed by atoms with Crippen molar-refractivity contribution in [2.24, 2.45) is 0 Å². The normalized spacial score (nSPS) is 31.5. The number of rotatable bonds is 4. The summed E-state index contributed by atoms with van der Waals surface area (Å²) in [6.07, 6.45) is -10.9. The smallest absolute Gasteiger partial charge is 0.229 e. The van der Waals surface area contributed by atoms with Crippen LogP contribution in [0.25, 0.3) is 0 Å². The number of aliphatic hydroxyl groups excluding tert-OH is 5. The number of benzene rings is 2. The largest absolute Gasteiger partial charge is 0.508 e. The van der Waals surface area contributed by atoms with Crippen LogP contribution in [0.5, 0.6) is 28.7 Å². The molecule has 12 heteroatoms. The topological polar surface area (TPSA) is 207 Å². The highest BCUT2D eigenvalue weighted by atomic mass is 16.7. The van der Waals surface area contributed by atoms with Gasteiger partial charge in [-0.05, 0) is 17.7 Å². The van der Waals surface area contributed by atoms with Gasteiger partial charge in [0.05, 0.1) is 6.61 Å². The Bertz CT molecular complexity index is 1050. The molecular formula is C21H22O12. The average molecular weight is 466 g/mol. The number of fused-ring (bicyclic) bond motifs is 1. The fourth-order valence-corrected chi connectivity index (χ4v) is 3.76. The van der Waals surface area contributed by atoms with E-state index in [2.05, 4.69) is 0 Å². The van der Waals surface area contributed by atoms with Gasteiger partial charge in [0.15, 0.2) is 23.7 Å². The van der Waals surface area contributed by atoms with Crippen LogP contribution in [0, 0.1) is 0 Å². The summed E-state index contributed by atoms with van der Waals surface area (Å²) < 4.78 is 16.3. The molecule has 0 aromatic heterocycles. The van der Waals surface area contributed by atoms with Crippen LogP contribution in [0.1, 0.15) is 22.0 Å². The third kappa shape index (κ3) is 4.04. The molecule has 33 heavy (non-hydrogen) atoms. The number of hydrogen-bond donors (Lipinski definition) is 8. The Balaban J connectivity index is 1.63. The van der Waals surface area contributed by atoms with Crippen molar-refractivity contribution in [1.82, 2.24) is 0 Å². The molecule has 0 unspecified atom stereocenters. The van der Waals surface area contributed by atoms with Gasteiger partial charge in [0.1, 0.15) is 47.2 Å². The Morgan fingerprint density at radius 3 is 2.33 bits per heavy atom. The van der Waals surface area contributed by atoms with E-state index >= 15 is 0 Å². The van der Waals surface area contributed by atoms with Crippen LogP contribution in [0.4, 0.5) is 0 Å². The lowest BCUT2D eigenvalue weighted by molar-refractivity contribution is -0.277. The van der Waals surface area contributed by atoms with Gasteiger partial charge < -0.3 is 55.1 Å². The van der Waals surface area contributed by atoms with E-state index < -0.39 is 66.8 Å². The van der Waals surface area contributed by atoms with Crippen LogP contribution in [0.15, 0.2) is 30.3 Å². The molecule has 1 fully saturated rings. The molecular weight excluding hydrogens is 444 g/mol. The Labute approximate surface area is 186 Å². The third-order valence-corrected chi connectivity index (χ3v) is 5.53. The summed E-state index contributed by atoms with van der Waals surface area (Å²) in [7, 11) is 0. The number of hydrogen-bond acceptors (Lipinski definition) is 12. The summed E-state index contributed by atoms with van der Waals surface area (Å²) in [5, 5.41) is 79.5. The molecule has 0 radical (unpaired) electrons. The highest BCUT2D eigenvalue weighted by Crippen LogP contribution is 2.43. The predicted molar refractivity (Wildman–Crippen MR) is 106 cm³/mol. The second-order valence-electron chi connectivity index (χ2n) is 7.73. The second kappa shape index (κ2) is 8.67. The summed E-state index contributed by atoms with van der Waals surface area (Å²) in [6.45, 7) is -0.680. The Morgan fingerprint density at radius 1 is 0.909 bits per heavy atom. The highest BCUT2D eigenvalue weighted by molar-refractivity contribution is 6.05. The van der Waals surface area contributed by atoms with Gasteiger partial charge in [0.25, 0.3) is 0 Å². The van der Waals surface area contributed by atoms with Gasteiger partial charge in [-0.25, -0.2) is 0 Å². The predicted octanol–water partition coefficient (Wildman–Crippen LogP) is -1.34. The lowest BCUT2D eigenvalue weighted by Crippen LogP contribution is -2.60. The van der Waals surface area contributed by atoms with Crippen LogP contribution in [-0.2, 0) is 4.74 Å². The minimum Gasteiger partial charge on any atom is -0.508 e. The first kappa shape index (κ1) is 23.0. The molecule has 4 rings (SSSR count). The molecule has 0 saturated carbocycles. The summed E-state index contributed by atoms with van der Waals surface area (Å²) in [5.41, 5.74) is -0.158. The van der Waals surface area contributed by atoms with Crippen LogP contribution in [0.3, 0.4) is 0 Å². The molecule has 12 nitrogen and oxygen atoms in total. The summed E-state index contributed by atoms with van der Waals surface area (Å²) in [5.74, 6) is -2.68. The maximum Gasteiger partial charge on any atom is 0.229 e. The summed E-state index contributed by atoms with van der Waals surface area (Å²) >= 11 is 0. The van der Waals surface area contributed by atoms with Crippen molar-refractivity contribution in [3.05, 3.63) is 41.5 Å². The fourth-order valence-electron chi connectivity index (χ4n) is 3.76. The Hall–Kier alpha value is -3.13. The zero-order valence-corrected chi connectivity index (χ0v) is 16.8. The average Bonchev–Trinajstić information content (AvgIpc) is 2.77. The number of ether oxygens (including phenoxy) is 3. The zero-order chi connectivity index (χ0) is 24.0. The minimum atomic E-state index is -1.75. The number of aromatic hydroxyl groups is 3. The first-order valence-electron chi connectivity index (χ1n) is 9.87. The van der Waals surface area contributed by atoms with Gasteiger partial charge in [-0.3, -0.25) is 4.79 Å². The molecule has 2 aromatic carbocycles. The SMILES string of the molecule is O=C1c2c(O)cc(O)cc2O[C@H](c2ccc(O)c(O[C@H]3O[C@H](CO)[C@@H](O)[C@H](O)[C@H]3O)c2)[C@@H]1O. The quantitative estimate of drug-likeness (QED) is 0.263.